The van der Waals surface area contributed by atoms with E-state index in [1.54, 1.807) is 0 Å². The number of ether oxygens (including phenoxy) is 3. The van der Waals surface area contributed by atoms with Crippen LogP contribution in [0.5, 0.6) is 17.2 Å². The molecule has 44 heavy (non-hydrogen) atoms. The smallest absolute Gasteiger partial charge is 0.366 e. The maximum absolute atomic E-state index is 13.7. The van der Waals surface area contributed by atoms with Crippen molar-refractivity contribution in [3.05, 3.63) is 131 Å². The minimum Gasteiger partial charge on any atom is -0.488 e. The average Bonchev–Trinajstić information content (AvgIpc) is 3.54. The van der Waals surface area contributed by atoms with Crippen LogP contribution in [0.1, 0.15) is 58.1 Å². The van der Waals surface area contributed by atoms with Gasteiger partial charge < -0.3 is 23.6 Å². The Kier molecular flexibility index (Phi) is 8.75. The van der Waals surface area contributed by atoms with Gasteiger partial charge in [-0.25, -0.2) is 4.79 Å². The topological polar surface area (TPSA) is 74.0 Å². The molecule has 224 valence electrons. The van der Waals surface area contributed by atoms with Gasteiger partial charge in [0.2, 0.25) is 0 Å². The zero-order valence-electron chi connectivity index (χ0n) is 25.3. The van der Waals surface area contributed by atoms with E-state index in [1.165, 1.54) is 17.4 Å². The molecule has 0 amide bonds. The molecule has 0 spiro atoms. The highest BCUT2D eigenvalue weighted by Gasteiger charge is 2.25. The molecule has 0 atom stereocenters. The van der Waals surface area contributed by atoms with Crippen molar-refractivity contribution in [1.29, 1.82) is 0 Å². The van der Waals surface area contributed by atoms with E-state index < -0.39 is 5.97 Å². The lowest BCUT2D eigenvalue weighted by Crippen LogP contribution is -2.26. The molecule has 4 aromatic carbocycles. The Hall–Kier alpha value is -4.88. The summed E-state index contributed by atoms with van der Waals surface area (Å²) in [5.41, 5.74) is 7.08. The number of nitrogens with zero attached hydrogens (tertiary/aromatic N) is 2. The molecule has 1 aromatic heterocycles. The Morgan fingerprint density at radius 1 is 0.841 bits per heavy atom. The van der Waals surface area contributed by atoms with Gasteiger partial charge in [0.05, 0.1) is 5.56 Å². The van der Waals surface area contributed by atoms with E-state index in [4.69, 9.17) is 18.7 Å². The zero-order chi connectivity index (χ0) is 30.5. The first-order valence-electron chi connectivity index (χ1n) is 14.9. The normalized spacial score (nSPS) is 13.0. The highest BCUT2D eigenvalue weighted by Crippen LogP contribution is 2.40. The van der Waals surface area contributed by atoms with E-state index in [1.807, 2.05) is 78.9 Å². The molecule has 7 nitrogen and oxygen atoms in total. The van der Waals surface area contributed by atoms with Crippen LogP contribution >= 0.6 is 0 Å². The largest absolute Gasteiger partial charge is 0.488 e. The number of fused-ring (bicyclic) bond motifs is 1. The Morgan fingerprint density at radius 2 is 1.52 bits per heavy atom. The SMILES string of the molecule is CC(C)c1cc(OC(=O)c2nocc2-c2ccc3c(c2)CCN(C)C3)c(OCc2ccccc2)cc1OCc1ccccc1. The van der Waals surface area contributed by atoms with Gasteiger partial charge in [0, 0.05) is 24.7 Å². The van der Waals surface area contributed by atoms with Gasteiger partial charge in [-0.15, -0.1) is 0 Å². The van der Waals surface area contributed by atoms with Gasteiger partial charge in [-0.1, -0.05) is 97.9 Å². The van der Waals surface area contributed by atoms with E-state index in [9.17, 15) is 4.79 Å². The van der Waals surface area contributed by atoms with Gasteiger partial charge in [-0.05, 0) is 53.3 Å². The molecule has 1 aliphatic heterocycles. The van der Waals surface area contributed by atoms with Gasteiger partial charge in [-0.2, -0.15) is 0 Å². The van der Waals surface area contributed by atoms with Crippen LogP contribution in [0.3, 0.4) is 0 Å². The third-order valence-corrected chi connectivity index (χ3v) is 7.86. The maximum atomic E-state index is 13.7. The molecule has 0 saturated heterocycles. The number of hydrogen-bond donors (Lipinski definition) is 0. The number of aromatic nitrogens is 1. The predicted molar refractivity (Wildman–Crippen MR) is 169 cm³/mol. The zero-order valence-corrected chi connectivity index (χ0v) is 25.3. The molecule has 0 unspecified atom stereocenters. The molecule has 0 saturated carbocycles. The summed E-state index contributed by atoms with van der Waals surface area (Å²) in [5, 5.41) is 4.05. The Labute approximate surface area is 258 Å². The molecule has 0 radical (unpaired) electrons. The van der Waals surface area contributed by atoms with Gasteiger partial charge in [0.15, 0.2) is 17.2 Å². The van der Waals surface area contributed by atoms with Crippen LogP contribution in [0.4, 0.5) is 0 Å². The number of esters is 1. The molecule has 0 aliphatic carbocycles. The quantitative estimate of drug-likeness (QED) is 0.122. The summed E-state index contributed by atoms with van der Waals surface area (Å²) in [4.78, 5) is 16.0. The first kappa shape index (κ1) is 29.2. The second-order valence-electron chi connectivity index (χ2n) is 11.5. The summed E-state index contributed by atoms with van der Waals surface area (Å²) < 4.78 is 23.9. The fourth-order valence-corrected chi connectivity index (χ4v) is 5.39. The van der Waals surface area contributed by atoms with Crippen molar-refractivity contribution in [2.45, 2.75) is 45.9 Å². The molecule has 0 bridgehead atoms. The number of likely N-dealkylation sites (N-methyl/N-ethyl adjacent to an activating group) is 1. The van der Waals surface area contributed by atoms with Crippen molar-refractivity contribution in [2.75, 3.05) is 13.6 Å². The lowest BCUT2D eigenvalue weighted by molar-refractivity contribution is 0.0717. The third kappa shape index (κ3) is 6.68. The summed E-state index contributed by atoms with van der Waals surface area (Å²) in [6.45, 7) is 6.74. The summed E-state index contributed by atoms with van der Waals surface area (Å²) in [6, 6.07) is 29.7. The van der Waals surface area contributed by atoms with Crippen LogP contribution in [0.15, 0.2) is 102 Å². The molecule has 2 heterocycles. The Bertz CT molecular complexity index is 1730. The number of carbonyl (C=O) groups excluding carboxylic acids is 1. The van der Waals surface area contributed by atoms with Gasteiger partial charge in [-0.3, -0.25) is 0 Å². The molecule has 0 N–H and O–H groups in total. The highest BCUT2D eigenvalue weighted by molar-refractivity contribution is 5.96. The van der Waals surface area contributed by atoms with Crippen LogP contribution in [-0.2, 0) is 26.2 Å². The van der Waals surface area contributed by atoms with Gasteiger partial charge in [0.1, 0.15) is 25.2 Å². The number of benzene rings is 4. The Balaban J connectivity index is 1.30. The minimum absolute atomic E-state index is 0.0959. The van der Waals surface area contributed by atoms with E-state index in [2.05, 4.69) is 43.1 Å². The van der Waals surface area contributed by atoms with E-state index in [0.717, 1.165) is 41.8 Å². The van der Waals surface area contributed by atoms with Crippen molar-refractivity contribution < 1.29 is 23.5 Å². The lowest BCUT2D eigenvalue weighted by atomic mass is 9.95. The number of carbonyl (C=O) groups is 1. The molecule has 1 aliphatic rings. The second-order valence-corrected chi connectivity index (χ2v) is 11.5. The van der Waals surface area contributed by atoms with Crippen LogP contribution < -0.4 is 14.2 Å². The highest BCUT2D eigenvalue weighted by atomic mass is 16.6. The van der Waals surface area contributed by atoms with E-state index in [0.29, 0.717) is 36.0 Å². The summed E-state index contributed by atoms with van der Waals surface area (Å²) >= 11 is 0. The second kappa shape index (κ2) is 13.2. The van der Waals surface area contributed by atoms with Crippen molar-refractivity contribution in [2.24, 2.45) is 0 Å². The third-order valence-electron chi connectivity index (χ3n) is 7.86. The van der Waals surface area contributed by atoms with Crippen LogP contribution in [0.25, 0.3) is 11.1 Å². The number of rotatable bonds is 10. The van der Waals surface area contributed by atoms with Gasteiger partial charge >= 0.3 is 5.97 Å². The first-order chi connectivity index (χ1) is 21.4. The minimum atomic E-state index is -0.622. The standard InChI is InChI=1S/C37H36N2O5/c1-25(2)31-19-35(34(42-23-27-12-8-5-9-13-27)20-33(31)41-22-26-10-6-4-7-11-26)44-37(40)36-32(24-43-38-36)29-14-15-30-21-39(3)17-16-28(30)18-29/h4-15,18-20,24-25H,16-17,21-23H2,1-3H3. The fourth-order valence-electron chi connectivity index (χ4n) is 5.39. The maximum Gasteiger partial charge on any atom is 0.366 e. The molecular weight excluding hydrogens is 552 g/mol. The molecule has 5 aromatic rings. The molecule has 6 rings (SSSR count). The van der Waals surface area contributed by atoms with Crippen molar-refractivity contribution in [3.63, 3.8) is 0 Å². The van der Waals surface area contributed by atoms with Crippen molar-refractivity contribution in [3.8, 4) is 28.4 Å². The summed E-state index contributed by atoms with van der Waals surface area (Å²) in [7, 11) is 2.12. The lowest BCUT2D eigenvalue weighted by Gasteiger charge is -2.25. The van der Waals surface area contributed by atoms with E-state index >= 15 is 0 Å². The molecule has 7 heteroatoms. The summed E-state index contributed by atoms with van der Waals surface area (Å²) in [6.07, 6.45) is 2.45. The Morgan fingerprint density at radius 3 is 2.20 bits per heavy atom. The van der Waals surface area contributed by atoms with Gasteiger partial charge in [0.25, 0.3) is 0 Å². The fraction of sp³-hybridized carbons (Fsp3) is 0.243. The average molecular weight is 589 g/mol. The molecule has 0 fully saturated rings. The first-order valence-corrected chi connectivity index (χ1v) is 14.9. The van der Waals surface area contributed by atoms with Crippen LogP contribution in [0, 0.1) is 0 Å². The molecular formula is C37H36N2O5. The van der Waals surface area contributed by atoms with Crippen LogP contribution in [0.2, 0.25) is 0 Å². The summed E-state index contributed by atoms with van der Waals surface area (Å²) in [5.74, 6) is 0.845. The van der Waals surface area contributed by atoms with Crippen LogP contribution in [-0.4, -0.2) is 29.6 Å². The predicted octanol–water partition coefficient (Wildman–Crippen LogP) is 7.83. The van der Waals surface area contributed by atoms with Crippen molar-refractivity contribution >= 4 is 5.97 Å². The van der Waals surface area contributed by atoms with E-state index in [-0.39, 0.29) is 11.6 Å². The van der Waals surface area contributed by atoms with Crippen molar-refractivity contribution in [1.82, 2.24) is 10.1 Å². The monoisotopic (exact) mass is 588 g/mol. The number of hydrogen-bond acceptors (Lipinski definition) is 7.